The summed E-state index contributed by atoms with van der Waals surface area (Å²) in [6.45, 7) is 0. The molecule has 0 amide bonds. The molecule has 0 aliphatic carbocycles. The maximum absolute atomic E-state index is 13.7. The predicted octanol–water partition coefficient (Wildman–Crippen LogP) is 4.67. The zero-order chi connectivity index (χ0) is 14.0. The van der Waals surface area contributed by atoms with Crippen molar-refractivity contribution in [2.45, 2.75) is 4.90 Å². The Morgan fingerprint density at radius 3 is 2.05 bits per heavy atom. The third kappa shape index (κ3) is 3.43. The number of rotatable bonds is 3. The lowest BCUT2D eigenvalue weighted by molar-refractivity contribution is 0.405. The molecule has 2 rings (SSSR count). The van der Waals surface area contributed by atoms with E-state index < -0.39 is 27.4 Å². The van der Waals surface area contributed by atoms with Gasteiger partial charge in [0.1, 0.15) is 15.8 Å². The summed E-state index contributed by atoms with van der Waals surface area (Å²) in [5.74, 6) is -2.34. The summed E-state index contributed by atoms with van der Waals surface area (Å²) in [6.07, 6.45) is 0. The number of ether oxygens (including phenoxy) is 1. The van der Waals surface area contributed by atoms with Crippen LogP contribution in [0.3, 0.4) is 0 Å². The normalized spacial score (nSPS) is 12.2. The Morgan fingerprint density at radius 2 is 1.58 bits per heavy atom. The van der Waals surface area contributed by atoms with Crippen LogP contribution >= 0.6 is 22.3 Å². The molecule has 0 saturated carbocycles. The van der Waals surface area contributed by atoms with Gasteiger partial charge in [0.05, 0.1) is 4.90 Å². The highest BCUT2D eigenvalue weighted by atomic mass is 35.7. The minimum atomic E-state index is -1.99. The van der Waals surface area contributed by atoms with Gasteiger partial charge in [0, 0.05) is 5.02 Å². The summed E-state index contributed by atoms with van der Waals surface area (Å²) in [4.78, 5) is -0.167. The first kappa shape index (κ1) is 14.2. The highest BCUT2D eigenvalue weighted by Gasteiger charge is 2.15. The van der Waals surface area contributed by atoms with Gasteiger partial charge >= 0.3 is 0 Å². The van der Waals surface area contributed by atoms with Crippen LogP contribution in [-0.4, -0.2) is 4.21 Å². The quantitative estimate of drug-likeness (QED) is 0.767. The van der Waals surface area contributed by atoms with Gasteiger partial charge in [0.2, 0.25) is 0 Å². The van der Waals surface area contributed by atoms with Crippen molar-refractivity contribution in [1.82, 2.24) is 0 Å². The molecule has 0 aromatic heterocycles. The molecule has 2 nitrogen and oxygen atoms in total. The van der Waals surface area contributed by atoms with Crippen LogP contribution in [0.15, 0.2) is 41.3 Å². The number of benzene rings is 2. The first-order valence-electron chi connectivity index (χ1n) is 4.98. The van der Waals surface area contributed by atoms with Crippen molar-refractivity contribution >= 4 is 32.3 Å². The summed E-state index contributed by atoms with van der Waals surface area (Å²) in [5, 5.41) is 0.473. The smallest absolute Gasteiger partial charge is 0.198 e. The van der Waals surface area contributed by atoms with E-state index in [2.05, 4.69) is 0 Å². The highest BCUT2D eigenvalue weighted by Crippen LogP contribution is 2.30. The van der Waals surface area contributed by atoms with Crippen molar-refractivity contribution in [3.63, 3.8) is 0 Å². The summed E-state index contributed by atoms with van der Waals surface area (Å²) in [7, 11) is 3.27. The molecule has 0 radical (unpaired) electrons. The minimum absolute atomic E-state index is 0.167. The van der Waals surface area contributed by atoms with Gasteiger partial charge in [-0.15, -0.1) is 0 Å². The Balaban J connectivity index is 2.35. The van der Waals surface area contributed by atoms with Crippen molar-refractivity contribution in [2.24, 2.45) is 0 Å². The molecular weight excluding hydrogens is 317 g/mol. The van der Waals surface area contributed by atoms with Gasteiger partial charge in [0.15, 0.2) is 17.4 Å². The third-order valence-corrected chi connectivity index (χ3v) is 3.58. The molecule has 19 heavy (non-hydrogen) atoms. The van der Waals surface area contributed by atoms with E-state index in [4.69, 9.17) is 27.0 Å². The SMILES string of the molecule is O=S(Cl)c1cc(F)c(Oc2ccc(Cl)cc2)c(F)c1. The average molecular weight is 323 g/mol. The van der Waals surface area contributed by atoms with Gasteiger partial charge in [-0.05, 0) is 47.1 Å². The summed E-state index contributed by atoms with van der Waals surface area (Å²) < 4.78 is 43.3. The second kappa shape index (κ2) is 5.86. The predicted molar refractivity (Wildman–Crippen MR) is 70.1 cm³/mol. The number of hydrogen-bond acceptors (Lipinski definition) is 2. The maximum atomic E-state index is 13.7. The van der Waals surface area contributed by atoms with Gasteiger partial charge in [-0.2, -0.15) is 0 Å². The molecule has 0 aliphatic rings. The van der Waals surface area contributed by atoms with Gasteiger partial charge in [-0.1, -0.05) is 11.6 Å². The molecule has 100 valence electrons. The first-order chi connectivity index (χ1) is 8.97. The molecule has 2 aromatic rings. The van der Waals surface area contributed by atoms with Crippen LogP contribution < -0.4 is 4.74 Å². The van der Waals surface area contributed by atoms with Gasteiger partial charge in [0.25, 0.3) is 0 Å². The van der Waals surface area contributed by atoms with Gasteiger partial charge in [-0.25, -0.2) is 13.0 Å². The number of hydrogen-bond donors (Lipinski definition) is 0. The van der Waals surface area contributed by atoms with Crippen LogP contribution in [-0.2, 0) is 10.0 Å². The lowest BCUT2D eigenvalue weighted by atomic mass is 10.3. The monoisotopic (exact) mass is 322 g/mol. The van der Waals surface area contributed by atoms with Gasteiger partial charge in [-0.3, -0.25) is 0 Å². The van der Waals surface area contributed by atoms with E-state index >= 15 is 0 Å². The van der Waals surface area contributed by atoms with Crippen LogP contribution in [0.25, 0.3) is 0 Å². The number of halogens is 4. The van der Waals surface area contributed by atoms with Crippen molar-refractivity contribution < 1.29 is 17.7 Å². The van der Waals surface area contributed by atoms with E-state index in [-0.39, 0.29) is 10.6 Å². The zero-order valence-electron chi connectivity index (χ0n) is 9.20. The second-order valence-electron chi connectivity index (χ2n) is 3.50. The molecule has 0 spiro atoms. The van der Waals surface area contributed by atoms with Crippen LogP contribution in [0, 0.1) is 11.6 Å². The van der Waals surface area contributed by atoms with Crippen LogP contribution in [0.5, 0.6) is 11.5 Å². The average Bonchev–Trinajstić information content (AvgIpc) is 2.35. The highest BCUT2D eigenvalue weighted by molar-refractivity contribution is 8.08. The maximum Gasteiger partial charge on any atom is 0.198 e. The topological polar surface area (TPSA) is 26.3 Å². The van der Waals surface area contributed by atoms with Crippen molar-refractivity contribution in [2.75, 3.05) is 0 Å². The second-order valence-corrected chi connectivity index (χ2v) is 5.69. The van der Waals surface area contributed by atoms with E-state index in [9.17, 15) is 13.0 Å². The fourth-order valence-electron chi connectivity index (χ4n) is 1.35. The van der Waals surface area contributed by atoms with E-state index in [1.54, 1.807) is 0 Å². The zero-order valence-corrected chi connectivity index (χ0v) is 11.5. The molecular formula is C12H6Cl2F2O2S. The van der Waals surface area contributed by atoms with Crippen molar-refractivity contribution in [3.8, 4) is 11.5 Å². The van der Waals surface area contributed by atoms with E-state index in [1.165, 1.54) is 24.3 Å². The largest absolute Gasteiger partial charge is 0.451 e. The fourth-order valence-corrected chi connectivity index (χ4v) is 2.13. The van der Waals surface area contributed by atoms with E-state index in [1.807, 2.05) is 0 Å². The Kier molecular flexibility index (Phi) is 4.39. The Labute approximate surface area is 119 Å². The fraction of sp³-hybridized carbons (Fsp3) is 0. The lowest BCUT2D eigenvalue weighted by Gasteiger charge is -2.08. The molecule has 0 saturated heterocycles. The van der Waals surface area contributed by atoms with Gasteiger partial charge < -0.3 is 4.74 Å². The van der Waals surface area contributed by atoms with Crippen LogP contribution in [0.2, 0.25) is 5.02 Å². The molecule has 0 fully saturated rings. The molecule has 1 unspecified atom stereocenters. The molecule has 0 heterocycles. The molecule has 0 aliphatic heterocycles. The third-order valence-electron chi connectivity index (χ3n) is 2.19. The Hall–Kier alpha value is -1.17. The minimum Gasteiger partial charge on any atom is -0.451 e. The van der Waals surface area contributed by atoms with E-state index in [0.717, 1.165) is 12.1 Å². The molecule has 7 heteroatoms. The van der Waals surface area contributed by atoms with Crippen molar-refractivity contribution in [1.29, 1.82) is 0 Å². The standard InChI is InChI=1S/C12H6Cl2F2O2S/c13-7-1-3-8(4-2-7)18-12-10(15)5-9(19(14)17)6-11(12)16/h1-6H. The van der Waals surface area contributed by atoms with Crippen LogP contribution in [0.1, 0.15) is 0 Å². The Bertz CT molecular complexity index is 609. The molecule has 2 aromatic carbocycles. The summed E-state index contributed by atoms with van der Waals surface area (Å²) in [5.41, 5.74) is 0. The lowest BCUT2D eigenvalue weighted by Crippen LogP contribution is -1.95. The van der Waals surface area contributed by atoms with Crippen LogP contribution in [0.4, 0.5) is 8.78 Å². The molecule has 0 N–H and O–H groups in total. The van der Waals surface area contributed by atoms with Crippen molar-refractivity contribution in [3.05, 3.63) is 53.1 Å². The Morgan fingerprint density at radius 1 is 1.05 bits per heavy atom. The summed E-state index contributed by atoms with van der Waals surface area (Å²) in [6, 6.07) is 7.70. The summed E-state index contributed by atoms with van der Waals surface area (Å²) >= 11 is 5.68. The first-order valence-corrected chi connectivity index (χ1v) is 7.33. The van der Waals surface area contributed by atoms with E-state index in [0.29, 0.717) is 5.02 Å². The molecule has 1 atom stereocenters. The molecule has 0 bridgehead atoms.